The van der Waals surface area contributed by atoms with Crippen LogP contribution in [-0.4, -0.2) is 14.8 Å². The number of aromatic nitrogens is 3. The molecule has 0 spiro atoms. The molecule has 0 aliphatic carbocycles. The Labute approximate surface area is 126 Å². The van der Waals surface area contributed by atoms with Crippen molar-refractivity contribution in [2.24, 2.45) is 5.92 Å². The maximum absolute atomic E-state index is 6.43. The molecule has 0 saturated heterocycles. The van der Waals surface area contributed by atoms with E-state index in [0.717, 1.165) is 31.6 Å². The third kappa shape index (κ3) is 4.34. The van der Waals surface area contributed by atoms with E-state index >= 15 is 0 Å². The van der Waals surface area contributed by atoms with Gasteiger partial charge in [-0.05, 0) is 24.3 Å². The molecule has 1 unspecified atom stereocenters. The molecule has 2 aromatic rings. The quantitative estimate of drug-likeness (QED) is 0.715. The van der Waals surface area contributed by atoms with Gasteiger partial charge in [-0.15, -0.1) is 11.6 Å². The van der Waals surface area contributed by atoms with Crippen LogP contribution in [-0.2, 0) is 13.0 Å². The number of nitrogens with zero attached hydrogens (tertiary/aromatic N) is 3. The Bertz CT molecular complexity index is 507. The molecule has 1 aromatic carbocycles. The van der Waals surface area contributed by atoms with Crippen LogP contribution in [0.1, 0.15) is 43.5 Å². The minimum Gasteiger partial charge on any atom is -0.250 e. The molecule has 0 fully saturated rings. The van der Waals surface area contributed by atoms with Crippen molar-refractivity contribution in [1.82, 2.24) is 14.8 Å². The highest BCUT2D eigenvalue weighted by atomic mass is 35.5. The Morgan fingerprint density at radius 2 is 1.95 bits per heavy atom. The van der Waals surface area contributed by atoms with Gasteiger partial charge in [-0.1, -0.05) is 44.2 Å². The van der Waals surface area contributed by atoms with Crippen LogP contribution in [0.2, 0.25) is 0 Å². The zero-order valence-electron chi connectivity index (χ0n) is 12.2. The molecule has 0 saturated carbocycles. The zero-order chi connectivity index (χ0) is 14.4. The number of aryl methyl sites for hydroxylation is 1. The molecule has 0 aliphatic heterocycles. The van der Waals surface area contributed by atoms with Gasteiger partial charge in [0.25, 0.3) is 0 Å². The van der Waals surface area contributed by atoms with E-state index < -0.39 is 0 Å². The summed E-state index contributed by atoms with van der Waals surface area (Å²) in [5.41, 5.74) is 1.19. The second kappa shape index (κ2) is 7.44. The van der Waals surface area contributed by atoms with Gasteiger partial charge in [0.2, 0.25) is 0 Å². The van der Waals surface area contributed by atoms with Crippen molar-refractivity contribution in [3.8, 4) is 0 Å². The van der Waals surface area contributed by atoms with Gasteiger partial charge in [0, 0.05) is 13.0 Å². The normalized spacial score (nSPS) is 12.8. The summed E-state index contributed by atoms with van der Waals surface area (Å²) in [4.78, 5) is 4.35. The fourth-order valence-electron chi connectivity index (χ4n) is 2.25. The average Bonchev–Trinajstić information content (AvgIpc) is 2.86. The minimum absolute atomic E-state index is 0.0812. The van der Waals surface area contributed by atoms with Gasteiger partial charge in [-0.3, -0.25) is 0 Å². The highest BCUT2D eigenvalue weighted by Crippen LogP contribution is 2.25. The van der Waals surface area contributed by atoms with Crippen LogP contribution >= 0.6 is 11.6 Å². The van der Waals surface area contributed by atoms with Crippen LogP contribution < -0.4 is 0 Å². The van der Waals surface area contributed by atoms with Crippen LogP contribution in [0.4, 0.5) is 0 Å². The summed E-state index contributed by atoms with van der Waals surface area (Å²) < 4.78 is 2.01. The number of benzene rings is 1. The topological polar surface area (TPSA) is 30.7 Å². The molecule has 0 aliphatic rings. The standard InChI is InChI=1S/C16H22ClN3/c1-13(2)11-20-16(18-12-19-20)10-6-9-15(17)14-7-4-3-5-8-14/h3-5,7-8,12-13,15H,6,9-11H2,1-2H3. The second-order valence-electron chi connectivity index (χ2n) is 5.52. The molecule has 1 heterocycles. The van der Waals surface area contributed by atoms with Gasteiger partial charge in [0.05, 0.1) is 5.38 Å². The number of halogens is 1. The van der Waals surface area contributed by atoms with Crippen molar-refractivity contribution in [2.75, 3.05) is 0 Å². The summed E-state index contributed by atoms with van der Waals surface area (Å²) in [6.07, 6.45) is 4.57. The molecule has 108 valence electrons. The molecule has 0 amide bonds. The monoisotopic (exact) mass is 291 g/mol. The van der Waals surface area contributed by atoms with Gasteiger partial charge in [-0.25, -0.2) is 9.67 Å². The Morgan fingerprint density at radius 3 is 2.65 bits per heavy atom. The van der Waals surface area contributed by atoms with Gasteiger partial charge in [-0.2, -0.15) is 5.10 Å². The van der Waals surface area contributed by atoms with Gasteiger partial charge >= 0.3 is 0 Å². The van der Waals surface area contributed by atoms with Gasteiger partial charge in [0.15, 0.2) is 0 Å². The second-order valence-corrected chi connectivity index (χ2v) is 6.05. The molecule has 1 aromatic heterocycles. The lowest BCUT2D eigenvalue weighted by molar-refractivity contribution is 0.462. The van der Waals surface area contributed by atoms with Crippen molar-refractivity contribution in [2.45, 2.75) is 45.0 Å². The summed E-state index contributed by atoms with van der Waals surface area (Å²) in [5, 5.41) is 4.37. The van der Waals surface area contributed by atoms with E-state index in [1.165, 1.54) is 5.56 Å². The molecular weight excluding hydrogens is 270 g/mol. The lowest BCUT2D eigenvalue weighted by Gasteiger charge is -2.11. The molecule has 20 heavy (non-hydrogen) atoms. The van der Waals surface area contributed by atoms with E-state index in [-0.39, 0.29) is 5.38 Å². The summed E-state index contributed by atoms with van der Waals surface area (Å²) in [6.45, 7) is 5.31. The fourth-order valence-corrected chi connectivity index (χ4v) is 2.55. The van der Waals surface area contributed by atoms with Crippen LogP contribution in [0.15, 0.2) is 36.7 Å². The first-order valence-electron chi connectivity index (χ1n) is 7.22. The highest BCUT2D eigenvalue weighted by Gasteiger charge is 2.10. The first-order valence-corrected chi connectivity index (χ1v) is 7.66. The van der Waals surface area contributed by atoms with E-state index in [1.54, 1.807) is 6.33 Å². The van der Waals surface area contributed by atoms with Crippen molar-refractivity contribution < 1.29 is 0 Å². The third-order valence-corrected chi connectivity index (χ3v) is 3.72. The van der Waals surface area contributed by atoms with E-state index in [1.807, 2.05) is 22.9 Å². The predicted molar refractivity (Wildman–Crippen MR) is 82.8 cm³/mol. The lowest BCUT2D eigenvalue weighted by Crippen LogP contribution is -2.10. The molecule has 2 rings (SSSR count). The number of hydrogen-bond acceptors (Lipinski definition) is 2. The van der Waals surface area contributed by atoms with E-state index in [4.69, 9.17) is 11.6 Å². The molecule has 0 bridgehead atoms. The first-order chi connectivity index (χ1) is 9.66. The van der Waals surface area contributed by atoms with Crippen LogP contribution in [0.25, 0.3) is 0 Å². The van der Waals surface area contributed by atoms with Crippen LogP contribution in [0, 0.1) is 5.92 Å². The molecule has 0 radical (unpaired) electrons. The average molecular weight is 292 g/mol. The summed E-state index contributed by atoms with van der Waals surface area (Å²) in [6, 6.07) is 10.2. The molecule has 3 nitrogen and oxygen atoms in total. The number of rotatable bonds is 7. The number of hydrogen-bond donors (Lipinski definition) is 0. The molecule has 1 atom stereocenters. The zero-order valence-corrected chi connectivity index (χ0v) is 12.9. The summed E-state index contributed by atoms with van der Waals surface area (Å²) in [5.74, 6) is 1.65. The highest BCUT2D eigenvalue weighted by molar-refractivity contribution is 6.20. The van der Waals surface area contributed by atoms with Gasteiger partial charge in [0.1, 0.15) is 12.2 Å². The lowest BCUT2D eigenvalue weighted by atomic mass is 10.1. The largest absolute Gasteiger partial charge is 0.250 e. The van der Waals surface area contributed by atoms with E-state index in [2.05, 4.69) is 36.1 Å². The van der Waals surface area contributed by atoms with E-state index in [9.17, 15) is 0 Å². The van der Waals surface area contributed by atoms with Gasteiger partial charge < -0.3 is 0 Å². The maximum Gasteiger partial charge on any atom is 0.138 e. The smallest absolute Gasteiger partial charge is 0.138 e. The Morgan fingerprint density at radius 1 is 1.20 bits per heavy atom. The predicted octanol–water partition coefficient (Wildman–Crippen LogP) is 4.24. The Kier molecular flexibility index (Phi) is 5.60. The third-order valence-electron chi connectivity index (χ3n) is 3.25. The Balaban J connectivity index is 1.83. The van der Waals surface area contributed by atoms with Crippen molar-refractivity contribution in [3.05, 3.63) is 48.0 Å². The Hall–Kier alpha value is -1.35. The summed E-state index contributed by atoms with van der Waals surface area (Å²) in [7, 11) is 0. The molecule has 4 heteroatoms. The fraction of sp³-hybridized carbons (Fsp3) is 0.500. The van der Waals surface area contributed by atoms with Crippen molar-refractivity contribution >= 4 is 11.6 Å². The van der Waals surface area contributed by atoms with Crippen molar-refractivity contribution in [1.29, 1.82) is 0 Å². The maximum atomic E-state index is 6.43. The SMILES string of the molecule is CC(C)Cn1ncnc1CCCC(Cl)c1ccccc1. The molecular formula is C16H22ClN3. The van der Waals surface area contributed by atoms with Crippen LogP contribution in [0.3, 0.4) is 0 Å². The first kappa shape index (κ1) is 15.0. The summed E-state index contributed by atoms with van der Waals surface area (Å²) >= 11 is 6.43. The number of alkyl halides is 1. The van der Waals surface area contributed by atoms with Crippen LogP contribution in [0.5, 0.6) is 0 Å². The minimum atomic E-state index is 0.0812. The molecule has 0 N–H and O–H groups in total. The van der Waals surface area contributed by atoms with E-state index in [0.29, 0.717) is 5.92 Å². The van der Waals surface area contributed by atoms with Crippen molar-refractivity contribution in [3.63, 3.8) is 0 Å².